The van der Waals surface area contributed by atoms with Crippen molar-refractivity contribution >= 4 is 29.3 Å². The van der Waals surface area contributed by atoms with Crippen LogP contribution in [0, 0.1) is 0 Å². The van der Waals surface area contributed by atoms with E-state index in [9.17, 15) is 9.59 Å². The maximum atomic E-state index is 12.9. The first kappa shape index (κ1) is 24.2. The number of nitrogens with one attached hydrogen (secondary N) is 2. The summed E-state index contributed by atoms with van der Waals surface area (Å²) in [6.45, 7) is 4.63. The van der Waals surface area contributed by atoms with Crippen LogP contribution in [0.2, 0.25) is 0 Å². The first-order valence-electron chi connectivity index (χ1n) is 11.4. The second-order valence-electron chi connectivity index (χ2n) is 7.90. The fourth-order valence-corrected chi connectivity index (χ4v) is 4.49. The van der Waals surface area contributed by atoms with Crippen molar-refractivity contribution in [3.05, 3.63) is 96.1 Å². The second-order valence-corrected chi connectivity index (χ2v) is 8.85. The molecule has 178 valence electrons. The normalized spacial score (nSPS) is 11.6. The number of carbonyl (C=O) groups is 2. The molecule has 0 saturated carbocycles. The molecule has 1 aromatic heterocycles. The van der Waals surface area contributed by atoms with Gasteiger partial charge in [-0.15, -0.1) is 10.2 Å². The molecule has 0 aliphatic carbocycles. The van der Waals surface area contributed by atoms with Gasteiger partial charge in [0.1, 0.15) is 0 Å². The standard InChI is InChI=1S/C27H27N5O2S/c1-3-32-25(21-14-8-5-9-15-21)30-31-27(32)35-18-24(33)29-23-17-11-10-16-22(23)26(34)28-19(2)20-12-6-4-7-13-20/h4-17,19H,3,18H2,1-2H3,(H,28,34)(H,29,33). The number of anilines is 1. The molecule has 0 radical (unpaired) electrons. The van der Waals surface area contributed by atoms with Crippen molar-refractivity contribution < 1.29 is 9.59 Å². The van der Waals surface area contributed by atoms with E-state index in [1.54, 1.807) is 24.3 Å². The number of aromatic nitrogens is 3. The zero-order valence-electron chi connectivity index (χ0n) is 19.6. The smallest absolute Gasteiger partial charge is 0.253 e. The number of nitrogens with zero attached hydrogens (tertiary/aromatic N) is 3. The molecule has 0 spiro atoms. The molecule has 1 unspecified atom stereocenters. The average Bonchev–Trinajstić information content (AvgIpc) is 3.31. The topological polar surface area (TPSA) is 88.9 Å². The molecule has 2 amide bonds. The summed E-state index contributed by atoms with van der Waals surface area (Å²) >= 11 is 1.31. The van der Waals surface area contributed by atoms with E-state index in [2.05, 4.69) is 20.8 Å². The zero-order chi connectivity index (χ0) is 24.6. The van der Waals surface area contributed by atoms with Gasteiger partial charge >= 0.3 is 0 Å². The Morgan fingerprint density at radius 3 is 2.29 bits per heavy atom. The van der Waals surface area contributed by atoms with E-state index < -0.39 is 0 Å². The van der Waals surface area contributed by atoms with Crippen molar-refractivity contribution in [2.75, 3.05) is 11.1 Å². The fourth-order valence-electron chi connectivity index (χ4n) is 3.69. The molecule has 3 aromatic carbocycles. The summed E-state index contributed by atoms with van der Waals surface area (Å²) in [6, 6.07) is 26.4. The lowest BCUT2D eigenvalue weighted by atomic mass is 10.1. The third-order valence-corrected chi connectivity index (χ3v) is 6.46. The van der Waals surface area contributed by atoms with Crippen LogP contribution in [0.25, 0.3) is 11.4 Å². The van der Waals surface area contributed by atoms with Gasteiger partial charge in [-0.25, -0.2) is 0 Å². The summed E-state index contributed by atoms with van der Waals surface area (Å²) in [5.74, 6) is 0.440. The van der Waals surface area contributed by atoms with Crippen molar-refractivity contribution in [3.63, 3.8) is 0 Å². The van der Waals surface area contributed by atoms with E-state index in [-0.39, 0.29) is 23.6 Å². The van der Waals surface area contributed by atoms with Crippen LogP contribution < -0.4 is 10.6 Å². The molecule has 0 bridgehead atoms. The van der Waals surface area contributed by atoms with Crippen molar-refractivity contribution in [2.45, 2.75) is 31.6 Å². The highest BCUT2D eigenvalue weighted by Crippen LogP contribution is 2.24. The van der Waals surface area contributed by atoms with Crippen LogP contribution in [0.5, 0.6) is 0 Å². The maximum Gasteiger partial charge on any atom is 0.253 e. The van der Waals surface area contributed by atoms with E-state index in [1.807, 2.05) is 79.1 Å². The molecule has 0 aliphatic rings. The number of thioether (sulfide) groups is 1. The van der Waals surface area contributed by atoms with Gasteiger partial charge in [0.2, 0.25) is 5.91 Å². The lowest BCUT2D eigenvalue weighted by molar-refractivity contribution is -0.113. The van der Waals surface area contributed by atoms with E-state index in [0.717, 1.165) is 17.0 Å². The first-order chi connectivity index (χ1) is 17.1. The predicted octanol–water partition coefficient (Wildman–Crippen LogP) is 5.19. The summed E-state index contributed by atoms with van der Waals surface area (Å²) < 4.78 is 1.99. The molecular weight excluding hydrogens is 458 g/mol. The van der Waals surface area contributed by atoms with Crippen LogP contribution in [0.3, 0.4) is 0 Å². The van der Waals surface area contributed by atoms with Gasteiger partial charge in [0.25, 0.3) is 5.91 Å². The third-order valence-electron chi connectivity index (χ3n) is 5.49. The SMILES string of the molecule is CCn1c(SCC(=O)Nc2ccccc2C(=O)NC(C)c2ccccc2)nnc1-c1ccccc1. The lowest BCUT2D eigenvalue weighted by Gasteiger charge is -2.16. The minimum absolute atomic E-state index is 0.142. The van der Waals surface area contributed by atoms with Crippen LogP contribution >= 0.6 is 11.8 Å². The van der Waals surface area contributed by atoms with Gasteiger partial charge in [-0.3, -0.25) is 9.59 Å². The number of amides is 2. The highest BCUT2D eigenvalue weighted by atomic mass is 32.2. The van der Waals surface area contributed by atoms with Gasteiger partial charge in [0, 0.05) is 12.1 Å². The predicted molar refractivity (Wildman–Crippen MR) is 139 cm³/mol. The Kier molecular flexibility index (Phi) is 7.95. The van der Waals surface area contributed by atoms with Crippen LogP contribution in [0.15, 0.2) is 90.1 Å². The first-order valence-corrected chi connectivity index (χ1v) is 12.4. The molecule has 0 aliphatic heterocycles. The quantitative estimate of drug-likeness (QED) is 0.319. The van der Waals surface area contributed by atoms with Crippen LogP contribution in [0.4, 0.5) is 5.69 Å². The minimum atomic E-state index is -0.247. The van der Waals surface area contributed by atoms with Gasteiger partial charge in [0.05, 0.1) is 23.0 Å². The Morgan fingerprint density at radius 1 is 0.914 bits per heavy atom. The summed E-state index contributed by atoms with van der Waals surface area (Å²) in [5, 5.41) is 15.1. The Balaban J connectivity index is 1.41. The summed E-state index contributed by atoms with van der Waals surface area (Å²) in [6.07, 6.45) is 0. The minimum Gasteiger partial charge on any atom is -0.345 e. The Labute approximate surface area is 209 Å². The van der Waals surface area contributed by atoms with E-state index in [0.29, 0.717) is 23.0 Å². The molecule has 8 heteroatoms. The summed E-state index contributed by atoms with van der Waals surface area (Å²) in [5.41, 5.74) is 2.87. The number of para-hydroxylation sites is 1. The van der Waals surface area contributed by atoms with Crippen LogP contribution in [-0.4, -0.2) is 32.3 Å². The largest absolute Gasteiger partial charge is 0.345 e. The van der Waals surface area contributed by atoms with Crippen LogP contribution in [0.1, 0.15) is 35.8 Å². The molecule has 4 rings (SSSR count). The molecule has 0 fully saturated rings. The number of carbonyl (C=O) groups excluding carboxylic acids is 2. The Morgan fingerprint density at radius 2 is 1.57 bits per heavy atom. The summed E-state index contributed by atoms with van der Waals surface area (Å²) in [4.78, 5) is 25.7. The van der Waals surface area contributed by atoms with Gasteiger partial charge in [-0.1, -0.05) is 84.6 Å². The van der Waals surface area contributed by atoms with Gasteiger partial charge < -0.3 is 15.2 Å². The average molecular weight is 486 g/mol. The number of rotatable bonds is 9. The molecular formula is C27H27N5O2S. The van der Waals surface area contributed by atoms with E-state index >= 15 is 0 Å². The molecule has 35 heavy (non-hydrogen) atoms. The van der Waals surface area contributed by atoms with Crippen molar-refractivity contribution in [3.8, 4) is 11.4 Å². The highest BCUT2D eigenvalue weighted by Gasteiger charge is 2.18. The van der Waals surface area contributed by atoms with Gasteiger partial charge in [-0.2, -0.15) is 0 Å². The number of hydrogen-bond acceptors (Lipinski definition) is 5. The van der Waals surface area contributed by atoms with Gasteiger partial charge in [0.15, 0.2) is 11.0 Å². The number of hydrogen-bond donors (Lipinski definition) is 2. The van der Waals surface area contributed by atoms with Crippen molar-refractivity contribution in [2.24, 2.45) is 0 Å². The molecule has 4 aromatic rings. The van der Waals surface area contributed by atoms with Gasteiger partial charge in [-0.05, 0) is 31.5 Å². The fraction of sp³-hybridized carbons (Fsp3) is 0.185. The number of benzene rings is 3. The highest BCUT2D eigenvalue weighted by molar-refractivity contribution is 7.99. The molecule has 2 N–H and O–H groups in total. The molecule has 1 heterocycles. The van der Waals surface area contributed by atoms with Crippen LogP contribution in [-0.2, 0) is 11.3 Å². The third kappa shape index (κ3) is 5.96. The van der Waals surface area contributed by atoms with Crippen molar-refractivity contribution in [1.29, 1.82) is 0 Å². The second kappa shape index (κ2) is 11.5. The molecule has 1 atom stereocenters. The Bertz CT molecular complexity index is 1290. The lowest BCUT2D eigenvalue weighted by Crippen LogP contribution is -2.28. The van der Waals surface area contributed by atoms with Crippen molar-refractivity contribution in [1.82, 2.24) is 20.1 Å². The Hall–Kier alpha value is -3.91. The molecule has 0 saturated heterocycles. The molecule has 7 nitrogen and oxygen atoms in total. The van der Waals surface area contributed by atoms with E-state index in [4.69, 9.17) is 0 Å². The zero-order valence-corrected chi connectivity index (χ0v) is 20.5. The summed E-state index contributed by atoms with van der Waals surface area (Å²) in [7, 11) is 0. The van der Waals surface area contributed by atoms with E-state index in [1.165, 1.54) is 11.8 Å². The monoisotopic (exact) mass is 485 g/mol. The maximum absolute atomic E-state index is 12.9.